The topological polar surface area (TPSA) is 70.5 Å². The molecule has 0 atom stereocenters. The van der Waals surface area contributed by atoms with Crippen molar-refractivity contribution in [2.75, 3.05) is 13.1 Å². The van der Waals surface area contributed by atoms with Crippen molar-refractivity contribution in [2.24, 2.45) is 5.92 Å². The van der Waals surface area contributed by atoms with Gasteiger partial charge < -0.3 is 10.0 Å². The van der Waals surface area contributed by atoms with Gasteiger partial charge in [-0.05, 0) is 12.3 Å². The number of carboxylic acid groups (broad SMARTS) is 1. The summed E-state index contributed by atoms with van der Waals surface area (Å²) < 4.78 is 0. The van der Waals surface area contributed by atoms with Crippen LogP contribution >= 0.6 is 11.3 Å². The average molecular weight is 270 g/mol. The number of thiazole rings is 1. The zero-order chi connectivity index (χ0) is 13.5. The van der Waals surface area contributed by atoms with E-state index in [9.17, 15) is 9.59 Å². The maximum Gasteiger partial charge on any atom is 0.323 e. The standard InChI is InChI=1S/C12H18N2O3S/c1-9(2)5-14(6-12(16)17)11(15)4-3-10-7-18-8-13-10/h7-9H,3-6H2,1-2H3,(H,16,17). The summed E-state index contributed by atoms with van der Waals surface area (Å²) in [5, 5.41) is 10.7. The lowest BCUT2D eigenvalue weighted by molar-refractivity contribution is -0.144. The van der Waals surface area contributed by atoms with Gasteiger partial charge in [0.1, 0.15) is 6.54 Å². The molecule has 6 heteroatoms. The Labute approximate surface area is 110 Å². The third-order valence-electron chi connectivity index (χ3n) is 2.34. The third kappa shape index (κ3) is 5.27. The summed E-state index contributed by atoms with van der Waals surface area (Å²) >= 11 is 1.49. The second-order valence-corrected chi connectivity index (χ2v) is 5.26. The van der Waals surface area contributed by atoms with Crippen LogP contribution in [-0.4, -0.2) is 40.0 Å². The molecule has 18 heavy (non-hydrogen) atoms. The zero-order valence-corrected chi connectivity index (χ0v) is 11.4. The monoisotopic (exact) mass is 270 g/mol. The smallest absolute Gasteiger partial charge is 0.323 e. The minimum atomic E-state index is -0.974. The summed E-state index contributed by atoms with van der Waals surface area (Å²) in [4.78, 5) is 28.2. The molecule has 0 spiro atoms. The second kappa shape index (κ2) is 7.10. The Hall–Kier alpha value is -1.43. The highest BCUT2D eigenvalue weighted by Crippen LogP contribution is 2.07. The third-order valence-corrected chi connectivity index (χ3v) is 2.98. The van der Waals surface area contributed by atoms with Gasteiger partial charge in [-0.15, -0.1) is 11.3 Å². The quantitative estimate of drug-likeness (QED) is 0.817. The van der Waals surface area contributed by atoms with Crippen LogP contribution in [0.3, 0.4) is 0 Å². The van der Waals surface area contributed by atoms with Crippen LogP contribution in [0.15, 0.2) is 10.9 Å². The highest BCUT2D eigenvalue weighted by Gasteiger charge is 2.17. The van der Waals surface area contributed by atoms with Crippen LogP contribution in [0.2, 0.25) is 0 Å². The van der Waals surface area contributed by atoms with E-state index >= 15 is 0 Å². The van der Waals surface area contributed by atoms with E-state index in [-0.39, 0.29) is 18.4 Å². The highest BCUT2D eigenvalue weighted by molar-refractivity contribution is 7.07. The van der Waals surface area contributed by atoms with Gasteiger partial charge in [-0.3, -0.25) is 9.59 Å². The molecule has 0 aliphatic carbocycles. The number of hydrogen-bond acceptors (Lipinski definition) is 4. The van der Waals surface area contributed by atoms with Crippen LogP contribution in [0.4, 0.5) is 0 Å². The molecule has 100 valence electrons. The van der Waals surface area contributed by atoms with Crippen molar-refractivity contribution in [1.29, 1.82) is 0 Å². The molecule has 1 rings (SSSR count). The Morgan fingerprint density at radius 3 is 2.72 bits per heavy atom. The summed E-state index contributed by atoms with van der Waals surface area (Å²) in [5.74, 6) is -0.843. The van der Waals surface area contributed by atoms with E-state index in [1.807, 2.05) is 19.2 Å². The first-order valence-corrected chi connectivity index (χ1v) is 6.80. The number of amides is 1. The van der Waals surface area contributed by atoms with Gasteiger partial charge in [0.05, 0.1) is 11.2 Å². The Balaban J connectivity index is 2.50. The molecule has 0 aliphatic rings. The minimum Gasteiger partial charge on any atom is -0.480 e. The summed E-state index contributed by atoms with van der Waals surface area (Å²) in [6.07, 6.45) is 0.875. The SMILES string of the molecule is CC(C)CN(CC(=O)O)C(=O)CCc1cscn1. The van der Waals surface area contributed by atoms with Crippen LogP contribution < -0.4 is 0 Å². The van der Waals surface area contributed by atoms with E-state index in [0.29, 0.717) is 19.4 Å². The molecule has 0 fully saturated rings. The Morgan fingerprint density at radius 2 is 2.22 bits per heavy atom. The fourth-order valence-corrected chi connectivity index (χ4v) is 2.21. The highest BCUT2D eigenvalue weighted by atomic mass is 32.1. The van der Waals surface area contributed by atoms with E-state index in [4.69, 9.17) is 5.11 Å². The summed E-state index contributed by atoms with van der Waals surface area (Å²) in [6, 6.07) is 0. The first-order valence-electron chi connectivity index (χ1n) is 5.85. The maximum atomic E-state index is 11.9. The molecule has 0 bridgehead atoms. The molecule has 0 aliphatic heterocycles. The Kier molecular flexibility index (Phi) is 5.77. The molecule has 0 aromatic carbocycles. The lowest BCUT2D eigenvalue weighted by atomic mass is 10.1. The minimum absolute atomic E-state index is 0.126. The molecule has 1 amide bonds. The Morgan fingerprint density at radius 1 is 1.50 bits per heavy atom. The van der Waals surface area contributed by atoms with Gasteiger partial charge in [-0.2, -0.15) is 0 Å². The largest absolute Gasteiger partial charge is 0.480 e. The van der Waals surface area contributed by atoms with Crippen molar-refractivity contribution in [3.05, 3.63) is 16.6 Å². The van der Waals surface area contributed by atoms with Gasteiger partial charge in [0.15, 0.2) is 0 Å². The van der Waals surface area contributed by atoms with Crippen LogP contribution in [-0.2, 0) is 16.0 Å². The van der Waals surface area contributed by atoms with Crippen molar-refractivity contribution in [3.63, 3.8) is 0 Å². The molecular formula is C12H18N2O3S. The van der Waals surface area contributed by atoms with Gasteiger partial charge in [0.25, 0.3) is 0 Å². The molecule has 5 nitrogen and oxygen atoms in total. The molecule has 1 heterocycles. The number of carbonyl (C=O) groups excluding carboxylic acids is 1. The zero-order valence-electron chi connectivity index (χ0n) is 10.6. The van der Waals surface area contributed by atoms with Gasteiger partial charge in [0, 0.05) is 18.3 Å². The first kappa shape index (κ1) is 14.6. The molecule has 0 unspecified atom stereocenters. The van der Waals surface area contributed by atoms with E-state index in [1.165, 1.54) is 16.2 Å². The van der Waals surface area contributed by atoms with E-state index in [0.717, 1.165) is 5.69 Å². The second-order valence-electron chi connectivity index (χ2n) is 4.54. The van der Waals surface area contributed by atoms with Crippen LogP contribution in [0, 0.1) is 5.92 Å². The van der Waals surface area contributed by atoms with Crippen LogP contribution in [0.1, 0.15) is 26.0 Å². The van der Waals surface area contributed by atoms with Crippen molar-refractivity contribution >= 4 is 23.2 Å². The summed E-state index contributed by atoms with van der Waals surface area (Å²) in [6.45, 7) is 4.17. The molecular weight excluding hydrogens is 252 g/mol. The fourth-order valence-electron chi connectivity index (χ4n) is 1.61. The summed E-state index contributed by atoms with van der Waals surface area (Å²) in [5.41, 5.74) is 2.61. The number of carboxylic acids is 1. The summed E-state index contributed by atoms with van der Waals surface area (Å²) in [7, 11) is 0. The van der Waals surface area contributed by atoms with Gasteiger partial charge in [-0.1, -0.05) is 13.8 Å². The number of aliphatic carboxylic acids is 1. The molecule has 0 saturated heterocycles. The van der Waals surface area contributed by atoms with Crippen LogP contribution in [0.5, 0.6) is 0 Å². The van der Waals surface area contributed by atoms with Crippen molar-refractivity contribution in [1.82, 2.24) is 9.88 Å². The van der Waals surface area contributed by atoms with E-state index in [2.05, 4.69) is 4.98 Å². The van der Waals surface area contributed by atoms with Gasteiger partial charge in [-0.25, -0.2) is 4.98 Å². The molecule has 0 radical (unpaired) electrons. The molecule has 1 N–H and O–H groups in total. The van der Waals surface area contributed by atoms with Gasteiger partial charge in [0.2, 0.25) is 5.91 Å². The lowest BCUT2D eigenvalue weighted by Crippen LogP contribution is -2.38. The fraction of sp³-hybridized carbons (Fsp3) is 0.583. The van der Waals surface area contributed by atoms with Crippen LogP contribution in [0.25, 0.3) is 0 Å². The number of aromatic nitrogens is 1. The Bertz CT molecular complexity index is 390. The number of nitrogens with zero attached hydrogens (tertiary/aromatic N) is 2. The van der Waals surface area contributed by atoms with E-state index in [1.54, 1.807) is 5.51 Å². The number of rotatable bonds is 7. The molecule has 1 aromatic rings. The molecule has 0 saturated carbocycles. The van der Waals surface area contributed by atoms with Crippen molar-refractivity contribution in [2.45, 2.75) is 26.7 Å². The molecule has 1 aromatic heterocycles. The number of aryl methyl sites for hydroxylation is 1. The lowest BCUT2D eigenvalue weighted by Gasteiger charge is -2.22. The van der Waals surface area contributed by atoms with Crippen molar-refractivity contribution in [3.8, 4) is 0 Å². The van der Waals surface area contributed by atoms with Crippen molar-refractivity contribution < 1.29 is 14.7 Å². The first-order chi connectivity index (χ1) is 8.49. The number of carbonyl (C=O) groups is 2. The average Bonchev–Trinajstić information content (AvgIpc) is 2.76. The maximum absolute atomic E-state index is 11.9. The predicted molar refractivity (Wildman–Crippen MR) is 69.5 cm³/mol. The normalized spacial score (nSPS) is 10.6. The van der Waals surface area contributed by atoms with E-state index < -0.39 is 5.97 Å². The van der Waals surface area contributed by atoms with Gasteiger partial charge >= 0.3 is 5.97 Å². The number of hydrogen-bond donors (Lipinski definition) is 1. The predicted octanol–water partition coefficient (Wildman–Crippen LogP) is 1.64.